The van der Waals surface area contributed by atoms with Gasteiger partial charge >= 0.3 is 5.97 Å². The molecule has 24 heavy (non-hydrogen) atoms. The highest BCUT2D eigenvalue weighted by molar-refractivity contribution is 5.81. The topological polar surface area (TPSA) is 105 Å². The molecule has 0 spiro atoms. The summed E-state index contributed by atoms with van der Waals surface area (Å²) in [6.07, 6.45) is 3.08. The number of fused-ring (bicyclic) bond motifs is 1. The van der Waals surface area contributed by atoms with E-state index in [4.69, 9.17) is 15.2 Å². The molecule has 0 aromatic carbocycles. The van der Waals surface area contributed by atoms with Crippen LogP contribution in [0.5, 0.6) is 0 Å². The van der Waals surface area contributed by atoms with Gasteiger partial charge in [0.2, 0.25) is 0 Å². The second kappa shape index (κ2) is 6.35. The number of nitrogens with zero attached hydrogens (tertiary/aromatic N) is 4. The highest BCUT2D eigenvalue weighted by Gasteiger charge is 2.47. The van der Waals surface area contributed by atoms with Crippen LogP contribution in [0, 0.1) is 11.8 Å². The smallest absolute Gasteiger partial charge is 0.303 e. The molecule has 2 N–H and O–H groups in total. The van der Waals surface area contributed by atoms with Crippen molar-refractivity contribution in [1.82, 2.24) is 19.5 Å². The molecule has 1 saturated heterocycles. The van der Waals surface area contributed by atoms with Crippen LogP contribution in [-0.4, -0.2) is 37.7 Å². The molecule has 130 valence electrons. The van der Waals surface area contributed by atoms with Gasteiger partial charge in [-0.1, -0.05) is 27.2 Å². The van der Waals surface area contributed by atoms with Crippen LogP contribution in [0.3, 0.4) is 0 Å². The van der Waals surface area contributed by atoms with Crippen LogP contribution in [0.4, 0.5) is 5.82 Å². The van der Waals surface area contributed by atoms with Crippen LogP contribution in [0.15, 0.2) is 12.7 Å². The Morgan fingerprint density at radius 2 is 2.21 bits per heavy atom. The molecule has 0 aliphatic carbocycles. The number of nitrogen functional groups attached to an aromatic ring is 1. The molecule has 2 aromatic rings. The molecular weight excluding hydrogens is 310 g/mol. The number of rotatable bonds is 4. The summed E-state index contributed by atoms with van der Waals surface area (Å²) in [5.74, 6) is 0.388. The SMILES string of the molecule is CCC(C)[C@H]1OC(n2cnc3c(N)ncnc32)[C@H](OC(C)=O)[C@H]1C. The first-order chi connectivity index (χ1) is 11.4. The lowest BCUT2D eigenvalue weighted by atomic mass is 9.90. The Morgan fingerprint density at radius 3 is 2.88 bits per heavy atom. The van der Waals surface area contributed by atoms with Gasteiger partial charge in [0.25, 0.3) is 0 Å². The van der Waals surface area contributed by atoms with Gasteiger partial charge in [-0.2, -0.15) is 0 Å². The number of hydrogen-bond acceptors (Lipinski definition) is 7. The van der Waals surface area contributed by atoms with Crippen LogP contribution in [0.25, 0.3) is 11.2 Å². The Labute approximate surface area is 140 Å². The fourth-order valence-electron chi connectivity index (χ4n) is 3.33. The predicted octanol–water partition coefficient (Wildman–Crippen LogP) is 1.92. The zero-order valence-corrected chi connectivity index (χ0v) is 14.3. The summed E-state index contributed by atoms with van der Waals surface area (Å²) >= 11 is 0. The Morgan fingerprint density at radius 1 is 1.46 bits per heavy atom. The van der Waals surface area contributed by atoms with E-state index in [0.717, 1.165) is 6.42 Å². The standard InChI is InChI=1S/C16H23N5O3/c1-5-8(2)12-9(3)13(23-10(4)22)16(24-12)21-7-20-11-14(17)18-6-19-15(11)21/h6-9,12-13,16H,5H2,1-4H3,(H2,17,18,19)/t8?,9-,12+,13+,16?/m0/s1. The minimum absolute atomic E-state index is 0.0130. The average molecular weight is 333 g/mol. The van der Waals surface area contributed by atoms with E-state index in [1.165, 1.54) is 13.3 Å². The predicted molar refractivity (Wildman–Crippen MR) is 87.8 cm³/mol. The minimum Gasteiger partial charge on any atom is -0.457 e. The van der Waals surface area contributed by atoms with Crippen molar-refractivity contribution in [2.75, 3.05) is 5.73 Å². The first-order valence-corrected chi connectivity index (χ1v) is 8.19. The van der Waals surface area contributed by atoms with Gasteiger partial charge in [0.15, 0.2) is 23.8 Å². The van der Waals surface area contributed by atoms with Crippen LogP contribution < -0.4 is 5.73 Å². The molecule has 0 radical (unpaired) electrons. The molecule has 3 rings (SSSR count). The number of carbonyl (C=O) groups is 1. The third-order valence-corrected chi connectivity index (χ3v) is 4.78. The molecular formula is C16H23N5O3. The molecule has 2 aromatic heterocycles. The van der Waals surface area contributed by atoms with Crippen molar-refractivity contribution < 1.29 is 14.3 Å². The van der Waals surface area contributed by atoms with Crippen molar-refractivity contribution in [3.63, 3.8) is 0 Å². The van der Waals surface area contributed by atoms with Crippen molar-refractivity contribution in [1.29, 1.82) is 0 Å². The molecule has 1 fully saturated rings. The Hall–Kier alpha value is -2.22. The maximum atomic E-state index is 11.6. The van der Waals surface area contributed by atoms with Gasteiger partial charge in [-0.3, -0.25) is 9.36 Å². The Balaban J connectivity index is 2.02. The van der Waals surface area contributed by atoms with E-state index >= 15 is 0 Å². The summed E-state index contributed by atoms with van der Waals surface area (Å²) in [6, 6.07) is 0. The quantitative estimate of drug-likeness (QED) is 0.852. The molecule has 5 atom stereocenters. The molecule has 3 heterocycles. The van der Waals surface area contributed by atoms with Crippen LogP contribution >= 0.6 is 0 Å². The van der Waals surface area contributed by atoms with E-state index in [9.17, 15) is 4.79 Å². The van der Waals surface area contributed by atoms with E-state index in [0.29, 0.717) is 22.9 Å². The summed E-state index contributed by atoms with van der Waals surface area (Å²) in [4.78, 5) is 24.1. The second-order valence-electron chi connectivity index (χ2n) is 6.39. The third-order valence-electron chi connectivity index (χ3n) is 4.78. The van der Waals surface area contributed by atoms with Crippen LogP contribution in [0.1, 0.15) is 40.3 Å². The van der Waals surface area contributed by atoms with E-state index in [1.807, 2.05) is 6.92 Å². The van der Waals surface area contributed by atoms with Gasteiger partial charge in [-0.05, 0) is 5.92 Å². The fourth-order valence-corrected chi connectivity index (χ4v) is 3.33. The molecule has 2 unspecified atom stereocenters. The van der Waals surface area contributed by atoms with Crippen LogP contribution in [-0.2, 0) is 14.3 Å². The van der Waals surface area contributed by atoms with Crippen molar-refractivity contribution in [3.8, 4) is 0 Å². The maximum absolute atomic E-state index is 11.6. The summed E-state index contributed by atoms with van der Waals surface area (Å²) in [7, 11) is 0. The Kier molecular flexibility index (Phi) is 4.40. The summed E-state index contributed by atoms with van der Waals surface area (Å²) in [6.45, 7) is 7.72. The monoisotopic (exact) mass is 333 g/mol. The highest BCUT2D eigenvalue weighted by atomic mass is 16.6. The molecule has 1 aliphatic rings. The summed E-state index contributed by atoms with van der Waals surface area (Å²) < 4.78 is 13.6. The Bertz CT molecular complexity index is 746. The van der Waals surface area contributed by atoms with E-state index in [-0.39, 0.29) is 18.0 Å². The number of hydrogen-bond donors (Lipinski definition) is 1. The summed E-state index contributed by atoms with van der Waals surface area (Å²) in [5, 5.41) is 0. The number of nitrogens with two attached hydrogens (primary N) is 1. The number of ether oxygens (including phenoxy) is 2. The van der Waals surface area contributed by atoms with Crippen LogP contribution in [0.2, 0.25) is 0 Å². The van der Waals surface area contributed by atoms with Crippen molar-refractivity contribution >= 4 is 23.0 Å². The number of aromatic nitrogens is 4. The van der Waals surface area contributed by atoms with Crippen molar-refractivity contribution in [2.24, 2.45) is 11.8 Å². The third kappa shape index (κ3) is 2.71. The number of esters is 1. The van der Waals surface area contributed by atoms with Gasteiger partial charge in [-0.15, -0.1) is 0 Å². The lowest BCUT2D eigenvalue weighted by molar-refractivity contribution is -0.153. The van der Waals surface area contributed by atoms with Gasteiger partial charge in [0, 0.05) is 12.8 Å². The van der Waals surface area contributed by atoms with Gasteiger partial charge in [-0.25, -0.2) is 15.0 Å². The molecule has 0 saturated carbocycles. The number of anilines is 1. The highest BCUT2D eigenvalue weighted by Crippen LogP contribution is 2.41. The number of imidazole rings is 1. The molecule has 8 nitrogen and oxygen atoms in total. The average Bonchev–Trinajstić information content (AvgIpc) is 3.10. The lowest BCUT2D eigenvalue weighted by Gasteiger charge is -2.22. The first-order valence-electron chi connectivity index (χ1n) is 8.19. The van der Waals surface area contributed by atoms with Gasteiger partial charge in [0.05, 0.1) is 12.4 Å². The largest absolute Gasteiger partial charge is 0.457 e. The van der Waals surface area contributed by atoms with E-state index in [1.54, 1.807) is 10.9 Å². The minimum atomic E-state index is -0.484. The van der Waals surface area contributed by atoms with Gasteiger partial charge < -0.3 is 15.2 Å². The lowest BCUT2D eigenvalue weighted by Crippen LogP contribution is -2.31. The number of carbonyl (C=O) groups excluding carboxylic acids is 1. The molecule has 8 heteroatoms. The molecule has 0 amide bonds. The molecule has 1 aliphatic heterocycles. The molecule has 0 bridgehead atoms. The zero-order valence-electron chi connectivity index (χ0n) is 14.3. The van der Waals surface area contributed by atoms with E-state index < -0.39 is 12.3 Å². The normalized spacial score (nSPS) is 28.2. The zero-order chi connectivity index (χ0) is 17.4. The first kappa shape index (κ1) is 16.6. The van der Waals surface area contributed by atoms with E-state index in [2.05, 4.69) is 28.8 Å². The van der Waals surface area contributed by atoms with Gasteiger partial charge in [0.1, 0.15) is 11.8 Å². The maximum Gasteiger partial charge on any atom is 0.303 e. The second-order valence-corrected chi connectivity index (χ2v) is 6.39. The van der Waals surface area contributed by atoms with Crippen molar-refractivity contribution in [3.05, 3.63) is 12.7 Å². The van der Waals surface area contributed by atoms with Crippen molar-refractivity contribution in [2.45, 2.75) is 52.6 Å². The summed E-state index contributed by atoms with van der Waals surface area (Å²) in [5.41, 5.74) is 6.94. The fraction of sp³-hybridized carbons (Fsp3) is 0.625.